The fraction of sp³-hybridized carbons (Fsp3) is 0.409. The number of hydrogen-bond donors (Lipinski definition) is 1. The van der Waals surface area contributed by atoms with Gasteiger partial charge in [0.25, 0.3) is 0 Å². The van der Waals surface area contributed by atoms with Gasteiger partial charge in [-0.15, -0.1) is 0 Å². The van der Waals surface area contributed by atoms with Gasteiger partial charge >= 0.3 is 6.03 Å². The summed E-state index contributed by atoms with van der Waals surface area (Å²) in [5.41, 5.74) is 5.08. The third kappa shape index (κ3) is 4.97. The van der Waals surface area contributed by atoms with Crippen LogP contribution >= 0.6 is 34.8 Å². The first-order valence-corrected chi connectivity index (χ1v) is 11.4. The van der Waals surface area contributed by atoms with Crippen LogP contribution in [0, 0.1) is 0 Å². The predicted molar refractivity (Wildman–Crippen MR) is 124 cm³/mol. The van der Waals surface area contributed by atoms with E-state index in [2.05, 4.69) is 10.3 Å². The van der Waals surface area contributed by atoms with Crippen LogP contribution in [-0.4, -0.2) is 48.7 Å². The zero-order chi connectivity index (χ0) is 21.1. The van der Waals surface area contributed by atoms with E-state index < -0.39 is 0 Å². The van der Waals surface area contributed by atoms with Gasteiger partial charge in [-0.25, -0.2) is 9.80 Å². The summed E-state index contributed by atoms with van der Waals surface area (Å²) in [4.78, 5) is 17.1. The summed E-state index contributed by atoms with van der Waals surface area (Å²) in [6.07, 6.45) is 3.47. The molecule has 1 unspecified atom stereocenters. The van der Waals surface area contributed by atoms with Crippen LogP contribution in [0.1, 0.15) is 30.9 Å². The van der Waals surface area contributed by atoms with Gasteiger partial charge in [0.1, 0.15) is 0 Å². The average molecular weight is 468 g/mol. The van der Waals surface area contributed by atoms with Crippen LogP contribution in [0.5, 0.6) is 0 Å². The van der Waals surface area contributed by atoms with Gasteiger partial charge in [-0.3, -0.25) is 5.43 Å². The van der Waals surface area contributed by atoms with Crippen LogP contribution < -0.4 is 10.3 Å². The Balaban J connectivity index is 1.56. The lowest BCUT2D eigenvalue weighted by Gasteiger charge is -2.44. The molecule has 1 N–H and O–H groups in total. The number of nitrogens with one attached hydrogen (secondary N) is 1. The van der Waals surface area contributed by atoms with Crippen molar-refractivity contribution in [3.05, 3.63) is 63.1 Å². The molecule has 30 heavy (non-hydrogen) atoms. The van der Waals surface area contributed by atoms with Gasteiger partial charge in [0.2, 0.25) is 0 Å². The van der Waals surface area contributed by atoms with Crippen molar-refractivity contribution in [1.82, 2.24) is 15.3 Å². The average Bonchev–Trinajstić information content (AvgIpc) is 2.75. The van der Waals surface area contributed by atoms with Crippen LogP contribution in [0.15, 0.2) is 42.5 Å². The summed E-state index contributed by atoms with van der Waals surface area (Å²) in [5.74, 6) is 0. The van der Waals surface area contributed by atoms with Gasteiger partial charge in [-0.2, -0.15) is 0 Å². The van der Waals surface area contributed by atoms with E-state index in [9.17, 15) is 4.79 Å². The second-order valence-corrected chi connectivity index (χ2v) is 9.05. The van der Waals surface area contributed by atoms with Crippen molar-refractivity contribution < 1.29 is 4.79 Å². The van der Waals surface area contributed by atoms with E-state index in [-0.39, 0.29) is 12.1 Å². The standard InChI is InChI=1S/C22H25Cl3N4O/c23-17-6-4-16(5-7-17)21-15-27(22(30)26-28-10-2-1-3-11-28)12-13-29(21)20-9-8-18(24)14-19(20)25/h4-9,14,21H,1-3,10-13,15H2,(H,26,30). The molecule has 2 saturated heterocycles. The second-order valence-electron chi connectivity index (χ2n) is 7.77. The molecule has 4 rings (SSSR count). The first-order valence-electron chi connectivity index (χ1n) is 10.3. The number of urea groups is 1. The molecular weight excluding hydrogens is 443 g/mol. The van der Waals surface area contributed by atoms with Gasteiger partial charge in [-0.05, 0) is 48.7 Å². The molecule has 0 saturated carbocycles. The molecule has 0 bridgehead atoms. The number of nitrogens with zero attached hydrogens (tertiary/aromatic N) is 3. The summed E-state index contributed by atoms with van der Waals surface area (Å²) in [7, 11) is 0. The van der Waals surface area contributed by atoms with Crippen molar-refractivity contribution in [2.45, 2.75) is 25.3 Å². The highest BCUT2D eigenvalue weighted by atomic mass is 35.5. The van der Waals surface area contributed by atoms with Gasteiger partial charge in [0, 0.05) is 42.8 Å². The number of hydrogen-bond acceptors (Lipinski definition) is 3. The van der Waals surface area contributed by atoms with E-state index in [1.54, 1.807) is 6.07 Å². The Hall–Kier alpha value is -1.66. The predicted octanol–water partition coefficient (Wildman–Crippen LogP) is 5.62. The molecule has 2 aliphatic heterocycles. The molecule has 1 atom stereocenters. The fourth-order valence-corrected chi connectivity index (χ4v) is 4.79. The molecular formula is C22H25Cl3N4O. The maximum Gasteiger partial charge on any atom is 0.332 e. The van der Waals surface area contributed by atoms with Crippen molar-refractivity contribution in [3.8, 4) is 0 Å². The Morgan fingerprint density at radius 2 is 1.57 bits per heavy atom. The number of piperidine rings is 1. The Morgan fingerprint density at radius 3 is 2.27 bits per heavy atom. The maximum absolute atomic E-state index is 12.9. The molecule has 5 nitrogen and oxygen atoms in total. The summed E-state index contributed by atoms with van der Waals surface area (Å²) in [5, 5.41) is 3.93. The monoisotopic (exact) mass is 466 g/mol. The van der Waals surface area contributed by atoms with Gasteiger partial charge < -0.3 is 9.80 Å². The highest BCUT2D eigenvalue weighted by Gasteiger charge is 2.32. The highest BCUT2D eigenvalue weighted by Crippen LogP contribution is 2.36. The quantitative estimate of drug-likeness (QED) is 0.636. The van der Waals surface area contributed by atoms with E-state index in [4.69, 9.17) is 34.8 Å². The molecule has 2 amide bonds. The summed E-state index contributed by atoms with van der Waals surface area (Å²) >= 11 is 18.7. The minimum absolute atomic E-state index is 0.0400. The maximum atomic E-state index is 12.9. The van der Waals surface area contributed by atoms with Crippen LogP contribution in [0.3, 0.4) is 0 Å². The van der Waals surface area contributed by atoms with E-state index in [0.717, 1.165) is 37.2 Å². The number of hydrazine groups is 1. The van der Waals surface area contributed by atoms with E-state index in [0.29, 0.717) is 34.7 Å². The van der Waals surface area contributed by atoms with Crippen LogP contribution in [0.4, 0.5) is 10.5 Å². The molecule has 0 aromatic heterocycles. The molecule has 8 heteroatoms. The number of benzene rings is 2. The summed E-state index contributed by atoms with van der Waals surface area (Å²) in [6, 6.07) is 13.2. The SMILES string of the molecule is O=C(NN1CCCCC1)N1CCN(c2ccc(Cl)cc2Cl)C(c2ccc(Cl)cc2)C1. The first-order chi connectivity index (χ1) is 14.5. The molecule has 2 aliphatic rings. The van der Waals surface area contributed by atoms with Crippen LogP contribution in [-0.2, 0) is 0 Å². The number of halogens is 3. The largest absolute Gasteiger partial charge is 0.360 e. The zero-order valence-electron chi connectivity index (χ0n) is 16.7. The van der Waals surface area contributed by atoms with Crippen molar-refractivity contribution in [3.63, 3.8) is 0 Å². The lowest BCUT2D eigenvalue weighted by atomic mass is 10.0. The minimum atomic E-state index is -0.0438. The Morgan fingerprint density at radius 1 is 0.867 bits per heavy atom. The number of amides is 2. The topological polar surface area (TPSA) is 38.8 Å². The van der Waals surface area contributed by atoms with Crippen LogP contribution in [0.25, 0.3) is 0 Å². The van der Waals surface area contributed by atoms with Crippen molar-refractivity contribution >= 4 is 46.5 Å². The molecule has 0 aliphatic carbocycles. The second kappa shape index (κ2) is 9.65. The number of carbonyl (C=O) groups is 1. The number of rotatable bonds is 3. The minimum Gasteiger partial charge on any atom is -0.360 e. The van der Waals surface area contributed by atoms with Gasteiger partial charge in [0.15, 0.2) is 0 Å². The Kier molecular flexibility index (Phi) is 6.94. The fourth-order valence-electron chi connectivity index (χ4n) is 4.15. The zero-order valence-corrected chi connectivity index (χ0v) is 18.9. The van der Waals surface area contributed by atoms with E-state index in [1.807, 2.05) is 46.3 Å². The molecule has 2 fully saturated rings. The third-order valence-electron chi connectivity index (χ3n) is 5.75. The lowest BCUT2D eigenvalue weighted by Crippen LogP contribution is -2.57. The van der Waals surface area contributed by atoms with Gasteiger partial charge in [-0.1, -0.05) is 53.4 Å². The molecule has 2 aromatic rings. The van der Waals surface area contributed by atoms with Crippen molar-refractivity contribution in [2.75, 3.05) is 37.6 Å². The summed E-state index contributed by atoms with van der Waals surface area (Å²) in [6.45, 7) is 3.66. The van der Waals surface area contributed by atoms with Crippen molar-refractivity contribution in [2.24, 2.45) is 0 Å². The number of anilines is 1. The van der Waals surface area contributed by atoms with Gasteiger partial charge in [0.05, 0.1) is 16.8 Å². The van der Waals surface area contributed by atoms with E-state index in [1.165, 1.54) is 6.42 Å². The lowest BCUT2D eigenvalue weighted by molar-refractivity contribution is 0.124. The number of carbonyl (C=O) groups excluding carboxylic acids is 1. The Labute approximate surface area is 192 Å². The number of piperazine rings is 1. The molecule has 2 heterocycles. The first kappa shape index (κ1) is 21.6. The molecule has 0 radical (unpaired) electrons. The molecule has 2 aromatic carbocycles. The molecule has 0 spiro atoms. The summed E-state index contributed by atoms with van der Waals surface area (Å²) < 4.78 is 0. The smallest absolute Gasteiger partial charge is 0.332 e. The van der Waals surface area contributed by atoms with Crippen LogP contribution in [0.2, 0.25) is 15.1 Å². The molecule has 160 valence electrons. The van der Waals surface area contributed by atoms with Crippen molar-refractivity contribution in [1.29, 1.82) is 0 Å². The Bertz CT molecular complexity index is 886. The highest BCUT2D eigenvalue weighted by molar-refractivity contribution is 6.36. The normalized spacial score (nSPS) is 20.3. The third-order valence-corrected chi connectivity index (χ3v) is 6.54. The van der Waals surface area contributed by atoms with E-state index >= 15 is 0 Å².